The summed E-state index contributed by atoms with van der Waals surface area (Å²) in [5.74, 6) is 0.200. The van der Waals surface area contributed by atoms with Gasteiger partial charge in [-0.3, -0.25) is 9.78 Å². The number of hydrogen-bond acceptors (Lipinski definition) is 4. The van der Waals surface area contributed by atoms with Crippen molar-refractivity contribution in [2.45, 2.75) is 30.6 Å². The van der Waals surface area contributed by atoms with Crippen LogP contribution in [0.3, 0.4) is 0 Å². The quantitative estimate of drug-likeness (QED) is 0.479. The number of carbonyl (C=O) groups excluding carboxylic acids is 1. The fourth-order valence-corrected chi connectivity index (χ4v) is 2.68. The van der Waals surface area contributed by atoms with Gasteiger partial charge in [0.15, 0.2) is 5.78 Å². The molecule has 1 aromatic carbocycles. The number of ketones is 1. The summed E-state index contributed by atoms with van der Waals surface area (Å²) >= 11 is 4.41. The van der Waals surface area contributed by atoms with Gasteiger partial charge in [0.25, 0.3) is 0 Å². The van der Waals surface area contributed by atoms with Crippen molar-refractivity contribution in [1.29, 1.82) is 0 Å². The Morgan fingerprint density at radius 2 is 2.00 bits per heavy atom. The van der Waals surface area contributed by atoms with E-state index in [2.05, 4.69) is 36.6 Å². The Morgan fingerprint density at radius 3 is 2.76 bits per heavy atom. The fraction of sp³-hybridized carbons (Fsp3) is 0.412. The SMILES string of the molecule is CN(C)CCCCCC(=O)c1ccc(S)c2ncccc12. The predicted molar refractivity (Wildman–Crippen MR) is 90.3 cm³/mol. The molecule has 0 amide bonds. The van der Waals surface area contributed by atoms with Crippen LogP contribution < -0.4 is 0 Å². The lowest BCUT2D eigenvalue weighted by Crippen LogP contribution is -2.12. The van der Waals surface area contributed by atoms with Crippen molar-refractivity contribution in [2.24, 2.45) is 0 Å². The van der Waals surface area contributed by atoms with Gasteiger partial charge in [0.2, 0.25) is 0 Å². The maximum absolute atomic E-state index is 12.4. The average Bonchev–Trinajstić information content (AvgIpc) is 2.47. The molecule has 0 aliphatic heterocycles. The first-order valence-electron chi connectivity index (χ1n) is 7.34. The number of Topliss-reactive ketones (excluding diaryl/α,β-unsaturated/α-hetero) is 1. The van der Waals surface area contributed by atoms with E-state index in [4.69, 9.17) is 0 Å². The van der Waals surface area contributed by atoms with Gasteiger partial charge < -0.3 is 4.90 Å². The van der Waals surface area contributed by atoms with Crippen molar-refractivity contribution < 1.29 is 4.79 Å². The summed E-state index contributed by atoms with van der Waals surface area (Å²) in [6.45, 7) is 1.08. The molecular weight excluding hydrogens is 280 g/mol. The molecule has 0 aliphatic rings. The van der Waals surface area contributed by atoms with Crippen LogP contribution in [0.25, 0.3) is 10.9 Å². The molecule has 0 aliphatic carbocycles. The highest BCUT2D eigenvalue weighted by atomic mass is 32.1. The maximum Gasteiger partial charge on any atom is 0.163 e. The number of benzene rings is 1. The molecule has 0 atom stereocenters. The first-order chi connectivity index (χ1) is 10.1. The molecule has 0 unspecified atom stereocenters. The molecular formula is C17H22N2OS. The average molecular weight is 302 g/mol. The molecule has 0 bridgehead atoms. The van der Waals surface area contributed by atoms with Gasteiger partial charge in [-0.1, -0.05) is 12.5 Å². The molecule has 0 saturated heterocycles. The highest BCUT2D eigenvalue weighted by molar-refractivity contribution is 7.80. The lowest BCUT2D eigenvalue weighted by molar-refractivity contribution is 0.0980. The Morgan fingerprint density at radius 1 is 1.19 bits per heavy atom. The number of pyridine rings is 1. The Labute approximate surface area is 131 Å². The zero-order chi connectivity index (χ0) is 15.2. The van der Waals surface area contributed by atoms with E-state index >= 15 is 0 Å². The predicted octanol–water partition coefficient (Wildman–Crippen LogP) is 3.83. The number of nitrogens with zero attached hydrogens (tertiary/aromatic N) is 2. The van der Waals surface area contributed by atoms with Gasteiger partial charge in [-0.05, 0) is 51.7 Å². The maximum atomic E-state index is 12.4. The lowest BCUT2D eigenvalue weighted by atomic mass is 10.0. The number of hydrogen-bond donors (Lipinski definition) is 1. The van der Waals surface area contributed by atoms with Crippen molar-refractivity contribution in [3.05, 3.63) is 36.0 Å². The van der Waals surface area contributed by atoms with Gasteiger partial charge in [-0.2, -0.15) is 0 Å². The van der Waals surface area contributed by atoms with Gasteiger partial charge >= 0.3 is 0 Å². The second kappa shape index (κ2) is 7.57. The molecule has 21 heavy (non-hydrogen) atoms. The molecule has 2 aromatic rings. The summed E-state index contributed by atoms with van der Waals surface area (Å²) in [4.78, 5) is 19.7. The molecule has 2 rings (SSSR count). The van der Waals surface area contributed by atoms with Crippen LogP contribution in [0.2, 0.25) is 0 Å². The minimum atomic E-state index is 0.200. The summed E-state index contributed by atoms with van der Waals surface area (Å²) in [5.41, 5.74) is 1.57. The molecule has 0 saturated carbocycles. The third-order valence-corrected chi connectivity index (χ3v) is 3.92. The van der Waals surface area contributed by atoms with E-state index in [9.17, 15) is 4.79 Å². The second-order valence-electron chi connectivity index (χ2n) is 5.57. The number of rotatable bonds is 7. The van der Waals surface area contributed by atoms with Crippen molar-refractivity contribution >= 4 is 29.3 Å². The van der Waals surface area contributed by atoms with Crippen LogP contribution in [0.5, 0.6) is 0 Å². The summed E-state index contributed by atoms with van der Waals surface area (Å²) < 4.78 is 0. The van der Waals surface area contributed by atoms with Crippen LogP contribution in [0, 0.1) is 0 Å². The Bertz CT molecular complexity index is 625. The zero-order valence-corrected chi connectivity index (χ0v) is 13.6. The van der Waals surface area contributed by atoms with Gasteiger partial charge in [0.1, 0.15) is 0 Å². The molecule has 1 aromatic heterocycles. The minimum Gasteiger partial charge on any atom is -0.309 e. The molecule has 0 N–H and O–H groups in total. The second-order valence-corrected chi connectivity index (χ2v) is 6.05. The monoisotopic (exact) mass is 302 g/mol. The number of unbranched alkanes of at least 4 members (excludes halogenated alkanes) is 2. The summed E-state index contributed by atoms with van der Waals surface area (Å²) in [5, 5.41) is 0.906. The molecule has 0 fully saturated rings. The van der Waals surface area contributed by atoms with Crippen LogP contribution in [-0.2, 0) is 0 Å². The molecule has 4 heteroatoms. The highest BCUT2D eigenvalue weighted by Gasteiger charge is 2.11. The van der Waals surface area contributed by atoms with E-state index in [1.54, 1.807) is 6.20 Å². The normalized spacial score (nSPS) is 11.2. The minimum absolute atomic E-state index is 0.200. The van der Waals surface area contributed by atoms with E-state index in [1.165, 1.54) is 0 Å². The van der Waals surface area contributed by atoms with E-state index in [-0.39, 0.29) is 5.78 Å². The number of fused-ring (bicyclic) bond motifs is 1. The van der Waals surface area contributed by atoms with Crippen LogP contribution in [0.4, 0.5) is 0 Å². The van der Waals surface area contributed by atoms with Crippen molar-refractivity contribution in [2.75, 3.05) is 20.6 Å². The van der Waals surface area contributed by atoms with Gasteiger partial charge in [-0.15, -0.1) is 12.6 Å². The molecule has 1 heterocycles. The largest absolute Gasteiger partial charge is 0.309 e. The smallest absolute Gasteiger partial charge is 0.163 e. The molecule has 0 spiro atoms. The fourth-order valence-electron chi connectivity index (χ4n) is 2.43. The van der Waals surface area contributed by atoms with Crippen molar-refractivity contribution in [3.8, 4) is 0 Å². The molecule has 3 nitrogen and oxygen atoms in total. The lowest BCUT2D eigenvalue weighted by Gasteiger charge is -2.09. The standard InChI is InChI=1S/C17H22N2OS/c1-19(2)12-5-3-4-8-15(20)13-9-10-16(21)17-14(13)7-6-11-18-17/h6-7,9-11,21H,3-5,8,12H2,1-2H3. The third-order valence-electron chi connectivity index (χ3n) is 3.56. The van der Waals surface area contributed by atoms with Crippen LogP contribution in [0.15, 0.2) is 35.4 Å². The van der Waals surface area contributed by atoms with Gasteiger partial charge in [0.05, 0.1) is 5.52 Å². The van der Waals surface area contributed by atoms with E-state index in [1.807, 2.05) is 24.3 Å². The van der Waals surface area contributed by atoms with Crippen molar-refractivity contribution in [1.82, 2.24) is 9.88 Å². The summed E-state index contributed by atoms with van der Waals surface area (Å²) in [6.07, 6.45) is 5.50. The van der Waals surface area contributed by atoms with Crippen LogP contribution >= 0.6 is 12.6 Å². The number of thiol groups is 1. The third kappa shape index (κ3) is 4.29. The van der Waals surface area contributed by atoms with Crippen LogP contribution in [0.1, 0.15) is 36.0 Å². The van der Waals surface area contributed by atoms with Gasteiger partial charge in [0, 0.05) is 28.5 Å². The van der Waals surface area contributed by atoms with Gasteiger partial charge in [-0.25, -0.2) is 0 Å². The summed E-state index contributed by atoms with van der Waals surface area (Å²) in [7, 11) is 4.15. The number of carbonyl (C=O) groups is 1. The zero-order valence-electron chi connectivity index (χ0n) is 12.7. The van der Waals surface area contributed by atoms with E-state index in [0.717, 1.165) is 47.2 Å². The molecule has 112 valence electrons. The highest BCUT2D eigenvalue weighted by Crippen LogP contribution is 2.24. The first kappa shape index (κ1) is 16.0. The summed E-state index contributed by atoms with van der Waals surface area (Å²) in [6, 6.07) is 7.54. The number of aromatic nitrogens is 1. The molecule has 0 radical (unpaired) electrons. The Hall–Kier alpha value is -1.39. The Kier molecular flexibility index (Phi) is 5.76. The Balaban J connectivity index is 2.02. The van der Waals surface area contributed by atoms with E-state index in [0.29, 0.717) is 6.42 Å². The van der Waals surface area contributed by atoms with E-state index < -0.39 is 0 Å². The van der Waals surface area contributed by atoms with Crippen LogP contribution in [-0.4, -0.2) is 36.3 Å². The van der Waals surface area contributed by atoms with Crippen molar-refractivity contribution in [3.63, 3.8) is 0 Å². The topological polar surface area (TPSA) is 33.2 Å². The first-order valence-corrected chi connectivity index (χ1v) is 7.79.